The van der Waals surface area contributed by atoms with Crippen LogP contribution in [0, 0.1) is 11.3 Å². The first-order valence-electron chi connectivity index (χ1n) is 13.4. The largest absolute Gasteiger partial charge is 0.307 e. The average molecular weight is 558 g/mol. The lowest BCUT2D eigenvalue weighted by Gasteiger charge is -2.38. The standard InChI is InChI=1S/C28H35N3O5S2/c1-20-8-15-30(18-20)38(35,36)23-5-3-4-21(16-23)26(32)31-19-28(13-11-27(9-10-27)12-14-28)24-17-22(6-7-25(24)31)29-37(2,33)34/h3-7,16-17,20,29H,8-15,18-19H2,1-2H3/t20-/m1/s1. The Morgan fingerprint density at radius 1 is 0.974 bits per heavy atom. The van der Waals surface area contributed by atoms with Crippen LogP contribution in [-0.2, 0) is 25.5 Å². The monoisotopic (exact) mass is 557 g/mol. The molecule has 2 spiro atoms. The minimum atomic E-state index is -3.67. The van der Waals surface area contributed by atoms with Gasteiger partial charge in [0.2, 0.25) is 20.0 Å². The molecule has 2 heterocycles. The Balaban J connectivity index is 1.34. The third-order valence-corrected chi connectivity index (χ3v) is 11.7. The number of nitrogens with one attached hydrogen (secondary N) is 1. The van der Waals surface area contributed by atoms with Crippen molar-refractivity contribution in [2.75, 3.05) is 35.5 Å². The molecule has 1 amide bonds. The van der Waals surface area contributed by atoms with Crippen LogP contribution in [0.15, 0.2) is 47.4 Å². The summed E-state index contributed by atoms with van der Waals surface area (Å²) in [6.45, 7) is 3.55. The molecule has 3 fully saturated rings. The molecule has 1 atom stereocenters. The third-order valence-electron chi connectivity index (χ3n) is 9.20. The molecule has 0 aromatic heterocycles. The predicted octanol–water partition coefficient (Wildman–Crippen LogP) is 4.34. The Morgan fingerprint density at radius 3 is 2.32 bits per heavy atom. The summed E-state index contributed by atoms with van der Waals surface area (Å²) in [7, 11) is -7.11. The number of fused-ring (bicyclic) bond motifs is 2. The fraction of sp³-hybridized carbons (Fsp3) is 0.536. The Kier molecular flexibility index (Phi) is 5.97. The summed E-state index contributed by atoms with van der Waals surface area (Å²) >= 11 is 0. The summed E-state index contributed by atoms with van der Waals surface area (Å²) < 4.78 is 54.5. The van der Waals surface area contributed by atoms with E-state index in [1.54, 1.807) is 29.2 Å². The van der Waals surface area contributed by atoms with E-state index in [2.05, 4.69) is 4.72 Å². The average Bonchev–Trinajstić information content (AvgIpc) is 3.36. The molecule has 10 heteroatoms. The zero-order chi connectivity index (χ0) is 26.9. The molecule has 8 nitrogen and oxygen atoms in total. The zero-order valence-electron chi connectivity index (χ0n) is 21.9. The van der Waals surface area contributed by atoms with Gasteiger partial charge in [-0.3, -0.25) is 9.52 Å². The first kappa shape index (κ1) is 25.8. The number of hydrogen-bond donors (Lipinski definition) is 1. The highest BCUT2D eigenvalue weighted by Gasteiger charge is 2.53. The molecule has 2 aliphatic heterocycles. The fourth-order valence-electron chi connectivity index (χ4n) is 6.70. The second-order valence-corrected chi connectivity index (χ2v) is 15.7. The summed E-state index contributed by atoms with van der Waals surface area (Å²) in [5.41, 5.74) is 2.85. The lowest BCUT2D eigenvalue weighted by molar-refractivity contribution is 0.0980. The number of hydrogen-bond acceptors (Lipinski definition) is 5. The van der Waals surface area contributed by atoms with Crippen LogP contribution in [0.3, 0.4) is 0 Å². The molecule has 2 aliphatic carbocycles. The van der Waals surface area contributed by atoms with Crippen molar-refractivity contribution < 1.29 is 21.6 Å². The van der Waals surface area contributed by atoms with Gasteiger partial charge in [0, 0.05) is 42.0 Å². The van der Waals surface area contributed by atoms with Gasteiger partial charge in [0.15, 0.2) is 0 Å². The van der Waals surface area contributed by atoms with Gasteiger partial charge in [-0.15, -0.1) is 0 Å². The van der Waals surface area contributed by atoms with E-state index in [1.165, 1.54) is 23.2 Å². The van der Waals surface area contributed by atoms with E-state index in [1.807, 2.05) is 19.1 Å². The van der Waals surface area contributed by atoms with E-state index in [-0.39, 0.29) is 16.2 Å². The van der Waals surface area contributed by atoms with Crippen LogP contribution in [0.1, 0.15) is 67.8 Å². The van der Waals surface area contributed by atoms with Crippen molar-refractivity contribution in [1.29, 1.82) is 0 Å². The molecule has 2 saturated carbocycles. The van der Waals surface area contributed by atoms with Crippen LogP contribution in [0.25, 0.3) is 0 Å². The third kappa shape index (κ3) is 4.54. The van der Waals surface area contributed by atoms with Crippen molar-refractivity contribution in [3.8, 4) is 0 Å². The van der Waals surface area contributed by atoms with Gasteiger partial charge in [-0.05, 0) is 98.2 Å². The summed E-state index contributed by atoms with van der Waals surface area (Å²) in [6.07, 6.45) is 8.63. The van der Waals surface area contributed by atoms with Gasteiger partial charge in [-0.1, -0.05) is 13.0 Å². The number of nitrogens with zero attached hydrogens (tertiary/aromatic N) is 2. The Labute approximate surface area is 225 Å². The van der Waals surface area contributed by atoms with Crippen LogP contribution in [0.2, 0.25) is 0 Å². The van der Waals surface area contributed by atoms with E-state index in [0.29, 0.717) is 42.2 Å². The number of carbonyl (C=O) groups excluding carboxylic acids is 1. The predicted molar refractivity (Wildman–Crippen MR) is 147 cm³/mol. The zero-order valence-corrected chi connectivity index (χ0v) is 23.6. The lowest BCUT2D eigenvalue weighted by Crippen LogP contribution is -2.40. The Hall–Kier alpha value is -2.43. The molecule has 0 bridgehead atoms. The highest BCUT2D eigenvalue weighted by atomic mass is 32.2. The van der Waals surface area contributed by atoms with Crippen LogP contribution in [0.5, 0.6) is 0 Å². The molecular formula is C28H35N3O5S2. The topological polar surface area (TPSA) is 104 Å². The van der Waals surface area contributed by atoms with E-state index in [0.717, 1.165) is 49.6 Å². The minimum absolute atomic E-state index is 0.146. The normalized spacial score (nSPS) is 24.1. The van der Waals surface area contributed by atoms with Crippen molar-refractivity contribution in [3.05, 3.63) is 53.6 Å². The SMILES string of the molecule is C[C@@H]1CCN(S(=O)(=O)c2cccc(C(=O)N3CC4(CCC5(CC5)CC4)c4cc(NS(C)(=O)=O)ccc43)c2)C1. The summed E-state index contributed by atoms with van der Waals surface area (Å²) in [5, 5.41) is 0. The number of anilines is 2. The van der Waals surface area contributed by atoms with E-state index >= 15 is 0 Å². The first-order chi connectivity index (χ1) is 17.9. The van der Waals surface area contributed by atoms with Crippen molar-refractivity contribution in [1.82, 2.24) is 4.31 Å². The van der Waals surface area contributed by atoms with Gasteiger partial charge < -0.3 is 4.90 Å². The lowest BCUT2D eigenvalue weighted by atomic mass is 9.66. The maximum absolute atomic E-state index is 13.9. The molecule has 1 N–H and O–H groups in total. The second kappa shape index (κ2) is 8.79. The first-order valence-corrected chi connectivity index (χ1v) is 16.8. The number of amides is 1. The van der Waals surface area contributed by atoms with Gasteiger partial charge in [-0.25, -0.2) is 16.8 Å². The number of rotatable bonds is 5. The highest BCUT2D eigenvalue weighted by Crippen LogP contribution is 2.62. The van der Waals surface area contributed by atoms with Crippen LogP contribution < -0.4 is 9.62 Å². The number of sulfonamides is 2. The van der Waals surface area contributed by atoms with Crippen molar-refractivity contribution in [2.24, 2.45) is 11.3 Å². The highest BCUT2D eigenvalue weighted by molar-refractivity contribution is 7.92. The number of carbonyl (C=O) groups is 1. The molecule has 4 aliphatic rings. The molecule has 1 saturated heterocycles. The van der Waals surface area contributed by atoms with Crippen LogP contribution >= 0.6 is 0 Å². The minimum Gasteiger partial charge on any atom is -0.307 e. The van der Waals surface area contributed by atoms with Gasteiger partial charge in [0.25, 0.3) is 5.91 Å². The molecular weight excluding hydrogens is 522 g/mol. The molecule has 0 unspecified atom stereocenters. The molecule has 2 aromatic carbocycles. The Bertz CT molecular complexity index is 1500. The van der Waals surface area contributed by atoms with Crippen molar-refractivity contribution in [3.63, 3.8) is 0 Å². The van der Waals surface area contributed by atoms with Crippen molar-refractivity contribution in [2.45, 2.75) is 62.2 Å². The van der Waals surface area contributed by atoms with E-state index in [9.17, 15) is 21.6 Å². The maximum atomic E-state index is 13.9. The van der Waals surface area contributed by atoms with Gasteiger partial charge in [0.05, 0.1) is 11.2 Å². The number of benzene rings is 2. The summed E-state index contributed by atoms with van der Waals surface area (Å²) in [6, 6.07) is 11.8. The summed E-state index contributed by atoms with van der Waals surface area (Å²) in [5.74, 6) is 0.0877. The maximum Gasteiger partial charge on any atom is 0.258 e. The fourth-order valence-corrected chi connectivity index (χ4v) is 8.87. The molecule has 6 rings (SSSR count). The van der Waals surface area contributed by atoms with Gasteiger partial charge in [0.1, 0.15) is 0 Å². The van der Waals surface area contributed by atoms with Gasteiger partial charge in [-0.2, -0.15) is 4.31 Å². The summed E-state index contributed by atoms with van der Waals surface area (Å²) in [4.78, 5) is 15.9. The molecule has 204 valence electrons. The van der Waals surface area contributed by atoms with Gasteiger partial charge >= 0.3 is 0 Å². The quantitative estimate of drug-likeness (QED) is 0.589. The van der Waals surface area contributed by atoms with Crippen molar-refractivity contribution >= 4 is 37.3 Å². The van der Waals surface area contributed by atoms with Crippen LogP contribution in [-0.4, -0.2) is 52.9 Å². The van der Waals surface area contributed by atoms with Crippen LogP contribution in [0.4, 0.5) is 11.4 Å². The smallest absolute Gasteiger partial charge is 0.258 e. The van der Waals surface area contributed by atoms with E-state index in [4.69, 9.17) is 0 Å². The Morgan fingerprint density at radius 2 is 1.68 bits per heavy atom. The second-order valence-electron chi connectivity index (χ2n) is 12.1. The molecule has 38 heavy (non-hydrogen) atoms. The molecule has 2 aromatic rings. The molecule has 0 radical (unpaired) electrons. The van der Waals surface area contributed by atoms with E-state index < -0.39 is 20.0 Å².